The summed E-state index contributed by atoms with van der Waals surface area (Å²) in [5.74, 6) is -1.03. The molecule has 0 amide bonds. The molecule has 0 spiro atoms. The fourth-order valence-corrected chi connectivity index (χ4v) is 3.29. The molecule has 5 heteroatoms. The van der Waals surface area contributed by atoms with Crippen LogP contribution in [0.3, 0.4) is 0 Å². The maximum atomic E-state index is 12.4. The zero-order chi connectivity index (χ0) is 13.9. The van der Waals surface area contributed by atoms with Crippen molar-refractivity contribution in [1.29, 1.82) is 0 Å². The van der Waals surface area contributed by atoms with E-state index in [0.29, 0.717) is 19.4 Å². The van der Waals surface area contributed by atoms with E-state index in [1.807, 2.05) is 0 Å². The van der Waals surface area contributed by atoms with Crippen LogP contribution in [-0.2, 0) is 19.1 Å². The van der Waals surface area contributed by atoms with E-state index in [9.17, 15) is 14.7 Å². The van der Waals surface area contributed by atoms with Gasteiger partial charge in [-0.15, -0.1) is 0 Å². The van der Waals surface area contributed by atoms with Crippen LogP contribution < -0.4 is 0 Å². The van der Waals surface area contributed by atoms with Gasteiger partial charge in [0.1, 0.15) is 0 Å². The van der Waals surface area contributed by atoms with E-state index in [-0.39, 0.29) is 31.3 Å². The van der Waals surface area contributed by atoms with Crippen molar-refractivity contribution in [2.75, 3.05) is 19.8 Å². The van der Waals surface area contributed by atoms with Crippen LogP contribution >= 0.6 is 0 Å². The fourth-order valence-electron chi connectivity index (χ4n) is 3.29. The Kier molecular flexibility index (Phi) is 4.58. The Hall–Kier alpha value is -0.940. The van der Waals surface area contributed by atoms with Crippen LogP contribution in [0, 0.1) is 11.3 Å². The van der Waals surface area contributed by atoms with Crippen molar-refractivity contribution in [3.05, 3.63) is 0 Å². The standard InChI is InChI=1S/C14H22O5/c1-2-19-13(17)14(9-18-8-7-12(14)16)10-5-3-4-6-11(10)15/h10-11,15H,2-9H2,1H3. The molecule has 0 bridgehead atoms. The number of rotatable bonds is 3. The summed E-state index contributed by atoms with van der Waals surface area (Å²) < 4.78 is 10.5. The minimum Gasteiger partial charge on any atom is -0.465 e. The SMILES string of the molecule is CCOC(=O)C1(C2CCCCC2O)COCCC1=O. The minimum absolute atomic E-state index is 0.0480. The first-order valence-corrected chi connectivity index (χ1v) is 7.09. The van der Waals surface area contributed by atoms with Gasteiger partial charge in [-0.25, -0.2) is 0 Å². The summed E-state index contributed by atoms with van der Waals surface area (Å²) in [4.78, 5) is 24.7. The number of Topliss-reactive ketones (excluding diaryl/α,β-unsaturated/α-hetero) is 1. The second kappa shape index (κ2) is 6.01. The second-order valence-electron chi connectivity index (χ2n) is 5.38. The van der Waals surface area contributed by atoms with Crippen molar-refractivity contribution in [2.45, 2.75) is 45.1 Å². The van der Waals surface area contributed by atoms with Gasteiger partial charge in [0.2, 0.25) is 0 Å². The topological polar surface area (TPSA) is 72.8 Å². The third-order valence-electron chi connectivity index (χ3n) is 4.30. The van der Waals surface area contributed by atoms with Crippen LogP contribution in [0.5, 0.6) is 0 Å². The molecule has 0 aromatic carbocycles. The fraction of sp³-hybridized carbons (Fsp3) is 0.857. The predicted molar refractivity (Wildman–Crippen MR) is 67.5 cm³/mol. The normalized spacial score (nSPS) is 36.0. The molecule has 1 aliphatic carbocycles. The van der Waals surface area contributed by atoms with E-state index >= 15 is 0 Å². The highest BCUT2D eigenvalue weighted by Crippen LogP contribution is 2.43. The molecule has 0 aromatic rings. The summed E-state index contributed by atoms with van der Waals surface area (Å²) in [6.45, 7) is 2.35. The van der Waals surface area contributed by atoms with E-state index in [1.54, 1.807) is 6.92 Å². The summed E-state index contributed by atoms with van der Waals surface area (Å²) >= 11 is 0. The van der Waals surface area contributed by atoms with Gasteiger partial charge in [0.05, 0.1) is 25.9 Å². The van der Waals surface area contributed by atoms with Gasteiger partial charge in [-0.05, 0) is 19.8 Å². The van der Waals surface area contributed by atoms with Crippen LogP contribution in [0.2, 0.25) is 0 Å². The quantitative estimate of drug-likeness (QED) is 0.613. The van der Waals surface area contributed by atoms with Crippen LogP contribution in [0.1, 0.15) is 39.0 Å². The number of aliphatic hydroxyl groups excluding tert-OH is 1. The van der Waals surface area contributed by atoms with Crippen LogP contribution in [0.15, 0.2) is 0 Å². The number of ketones is 1. The van der Waals surface area contributed by atoms with E-state index < -0.39 is 17.5 Å². The lowest BCUT2D eigenvalue weighted by Crippen LogP contribution is -2.56. The first kappa shape index (κ1) is 14.5. The summed E-state index contributed by atoms with van der Waals surface area (Å²) in [5.41, 5.74) is -1.28. The van der Waals surface area contributed by atoms with Gasteiger partial charge in [0, 0.05) is 12.3 Å². The molecule has 1 saturated heterocycles. The summed E-state index contributed by atoms with van der Waals surface area (Å²) in [5, 5.41) is 10.2. The maximum Gasteiger partial charge on any atom is 0.322 e. The van der Waals surface area contributed by atoms with Gasteiger partial charge in [-0.2, -0.15) is 0 Å². The molecule has 3 unspecified atom stereocenters. The lowest BCUT2D eigenvalue weighted by Gasteiger charge is -2.43. The summed E-state index contributed by atoms with van der Waals surface area (Å²) in [7, 11) is 0. The Morgan fingerprint density at radius 3 is 2.84 bits per heavy atom. The smallest absolute Gasteiger partial charge is 0.322 e. The lowest BCUT2D eigenvalue weighted by atomic mass is 9.64. The van der Waals surface area contributed by atoms with E-state index in [1.165, 1.54) is 0 Å². The number of esters is 1. The van der Waals surface area contributed by atoms with Crippen molar-refractivity contribution >= 4 is 11.8 Å². The largest absolute Gasteiger partial charge is 0.465 e. The van der Waals surface area contributed by atoms with Crippen molar-refractivity contribution in [2.24, 2.45) is 11.3 Å². The van der Waals surface area contributed by atoms with Crippen molar-refractivity contribution in [1.82, 2.24) is 0 Å². The molecular formula is C14H22O5. The highest BCUT2D eigenvalue weighted by atomic mass is 16.5. The third-order valence-corrected chi connectivity index (χ3v) is 4.30. The Bertz CT molecular complexity index is 354. The zero-order valence-corrected chi connectivity index (χ0v) is 11.4. The number of hydrogen-bond acceptors (Lipinski definition) is 5. The summed E-state index contributed by atoms with van der Waals surface area (Å²) in [6.07, 6.45) is 2.78. The Balaban J connectivity index is 2.32. The first-order chi connectivity index (χ1) is 9.13. The molecule has 2 fully saturated rings. The molecular weight excluding hydrogens is 248 g/mol. The van der Waals surface area contributed by atoms with Crippen LogP contribution in [0.25, 0.3) is 0 Å². The molecule has 1 aliphatic heterocycles. The van der Waals surface area contributed by atoms with E-state index in [0.717, 1.165) is 12.8 Å². The van der Waals surface area contributed by atoms with Crippen molar-refractivity contribution in [3.8, 4) is 0 Å². The van der Waals surface area contributed by atoms with Crippen molar-refractivity contribution < 1.29 is 24.2 Å². The molecule has 108 valence electrons. The van der Waals surface area contributed by atoms with Crippen LogP contribution in [0.4, 0.5) is 0 Å². The number of carbonyl (C=O) groups is 2. The average Bonchev–Trinajstić information content (AvgIpc) is 2.41. The highest BCUT2D eigenvalue weighted by molar-refractivity contribution is 6.05. The minimum atomic E-state index is -1.28. The zero-order valence-electron chi connectivity index (χ0n) is 11.4. The molecule has 1 saturated carbocycles. The number of carbonyl (C=O) groups excluding carboxylic acids is 2. The monoisotopic (exact) mass is 270 g/mol. The lowest BCUT2D eigenvalue weighted by molar-refractivity contribution is -0.181. The Morgan fingerprint density at radius 2 is 2.21 bits per heavy atom. The molecule has 19 heavy (non-hydrogen) atoms. The molecule has 2 aliphatic rings. The molecule has 2 rings (SSSR count). The van der Waals surface area contributed by atoms with Gasteiger partial charge in [0.15, 0.2) is 11.2 Å². The van der Waals surface area contributed by atoms with Gasteiger partial charge >= 0.3 is 5.97 Å². The third kappa shape index (κ3) is 2.54. The first-order valence-electron chi connectivity index (χ1n) is 7.09. The molecule has 1 heterocycles. The number of hydrogen-bond donors (Lipinski definition) is 1. The van der Waals surface area contributed by atoms with Gasteiger partial charge < -0.3 is 14.6 Å². The summed E-state index contributed by atoms with van der Waals surface area (Å²) in [6, 6.07) is 0. The van der Waals surface area contributed by atoms with E-state index in [4.69, 9.17) is 9.47 Å². The van der Waals surface area contributed by atoms with E-state index in [2.05, 4.69) is 0 Å². The van der Waals surface area contributed by atoms with Gasteiger partial charge in [-0.1, -0.05) is 12.8 Å². The number of aliphatic hydroxyl groups is 1. The molecule has 5 nitrogen and oxygen atoms in total. The predicted octanol–water partition coefficient (Wildman–Crippen LogP) is 1.08. The van der Waals surface area contributed by atoms with Gasteiger partial charge in [-0.3, -0.25) is 9.59 Å². The maximum absolute atomic E-state index is 12.4. The average molecular weight is 270 g/mol. The second-order valence-corrected chi connectivity index (χ2v) is 5.38. The highest BCUT2D eigenvalue weighted by Gasteiger charge is 2.56. The Labute approximate surface area is 113 Å². The molecule has 0 aromatic heterocycles. The molecule has 0 radical (unpaired) electrons. The van der Waals surface area contributed by atoms with Crippen LogP contribution in [-0.4, -0.2) is 42.8 Å². The molecule has 1 N–H and O–H groups in total. The van der Waals surface area contributed by atoms with Gasteiger partial charge in [0.25, 0.3) is 0 Å². The van der Waals surface area contributed by atoms with Crippen molar-refractivity contribution in [3.63, 3.8) is 0 Å². The molecule has 3 atom stereocenters. The number of ether oxygens (including phenoxy) is 2. The Morgan fingerprint density at radius 1 is 1.47 bits per heavy atom.